The van der Waals surface area contributed by atoms with Gasteiger partial charge in [-0.15, -0.1) is 11.6 Å². The minimum Gasteiger partial charge on any atom is -0.496 e. The van der Waals surface area contributed by atoms with Crippen molar-refractivity contribution in [3.63, 3.8) is 0 Å². The summed E-state index contributed by atoms with van der Waals surface area (Å²) in [5.74, 6) is 0.764. The first-order chi connectivity index (χ1) is 7.20. The Kier molecular flexibility index (Phi) is 4.12. The number of halogens is 1. The predicted octanol–water partition coefficient (Wildman–Crippen LogP) is 2.86. The zero-order valence-electron chi connectivity index (χ0n) is 8.14. The van der Waals surface area contributed by atoms with Gasteiger partial charge in [-0.3, -0.25) is 10.1 Å². The highest BCUT2D eigenvalue weighted by molar-refractivity contribution is 6.19. The molecular weight excluding hydrogens is 218 g/mol. The maximum Gasteiger partial charge on any atom is 0.280 e. The average molecular weight is 228 g/mol. The van der Waals surface area contributed by atoms with Crippen molar-refractivity contribution in [2.24, 2.45) is 0 Å². The highest BCUT2D eigenvalue weighted by Crippen LogP contribution is 2.29. The summed E-state index contributed by atoms with van der Waals surface area (Å²) in [5.41, 5.74) is 0.446. The first kappa shape index (κ1) is 11.5. The predicted molar refractivity (Wildman–Crippen MR) is 59.4 cm³/mol. The van der Waals surface area contributed by atoms with Crippen molar-refractivity contribution in [3.8, 4) is 5.75 Å². The fourth-order valence-corrected chi connectivity index (χ4v) is 1.29. The normalized spacial score (nSPS) is 10.5. The average Bonchev–Trinajstić information content (AvgIpc) is 2.25. The Bertz CT molecular complexity index is 390. The van der Waals surface area contributed by atoms with Crippen LogP contribution in [0.1, 0.15) is 5.56 Å². The lowest BCUT2D eigenvalue weighted by Crippen LogP contribution is -1.94. The lowest BCUT2D eigenvalue weighted by molar-refractivity contribution is -0.385. The Morgan fingerprint density at radius 1 is 1.60 bits per heavy atom. The van der Waals surface area contributed by atoms with Gasteiger partial charge in [0, 0.05) is 11.9 Å². The van der Waals surface area contributed by atoms with E-state index < -0.39 is 4.92 Å². The summed E-state index contributed by atoms with van der Waals surface area (Å²) in [6.07, 6.45) is 3.22. The van der Waals surface area contributed by atoms with Gasteiger partial charge in [0.15, 0.2) is 0 Å². The zero-order valence-corrected chi connectivity index (χ0v) is 8.90. The number of alkyl halides is 1. The van der Waals surface area contributed by atoms with Crippen molar-refractivity contribution >= 4 is 23.4 Å². The van der Waals surface area contributed by atoms with Crippen LogP contribution >= 0.6 is 11.6 Å². The molecule has 15 heavy (non-hydrogen) atoms. The Hall–Kier alpha value is -1.55. The van der Waals surface area contributed by atoms with Crippen LogP contribution in [0.2, 0.25) is 0 Å². The van der Waals surface area contributed by atoms with E-state index in [1.54, 1.807) is 24.3 Å². The molecule has 0 aliphatic rings. The van der Waals surface area contributed by atoms with Crippen molar-refractivity contribution in [2.45, 2.75) is 0 Å². The second-order valence-electron chi connectivity index (χ2n) is 2.71. The Morgan fingerprint density at radius 2 is 2.33 bits per heavy atom. The van der Waals surface area contributed by atoms with Gasteiger partial charge in [0.05, 0.1) is 17.6 Å². The summed E-state index contributed by atoms with van der Waals surface area (Å²) in [4.78, 5) is 10.3. The molecule has 0 aliphatic carbocycles. The first-order valence-corrected chi connectivity index (χ1v) is 4.78. The van der Waals surface area contributed by atoms with Crippen LogP contribution in [0.4, 0.5) is 5.69 Å². The fraction of sp³-hybridized carbons (Fsp3) is 0.200. The van der Waals surface area contributed by atoms with E-state index in [-0.39, 0.29) is 5.69 Å². The largest absolute Gasteiger partial charge is 0.496 e. The lowest BCUT2D eigenvalue weighted by atomic mass is 10.1. The number of nitro benzene ring substituents is 1. The van der Waals surface area contributed by atoms with E-state index in [2.05, 4.69) is 0 Å². The highest BCUT2D eigenvalue weighted by atomic mass is 35.5. The number of ether oxygens (including phenoxy) is 1. The van der Waals surface area contributed by atoms with Gasteiger partial charge in [-0.05, 0) is 12.1 Å². The van der Waals surface area contributed by atoms with E-state index in [0.29, 0.717) is 17.2 Å². The number of hydrogen-bond donors (Lipinski definition) is 0. The third-order valence-corrected chi connectivity index (χ3v) is 2.01. The molecule has 0 aliphatic heterocycles. The molecule has 1 rings (SSSR count). The van der Waals surface area contributed by atoms with Crippen LogP contribution in [0.3, 0.4) is 0 Å². The van der Waals surface area contributed by atoms with E-state index in [4.69, 9.17) is 16.3 Å². The minimum absolute atomic E-state index is 0.00992. The molecule has 0 unspecified atom stereocenters. The summed E-state index contributed by atoms with van der Waals surface area (Å²) >= 11 is 5.48. The SMILES string of the molecule is COc1cccc([N+](=O)[O-])c1C=CCCl. The van der Waals surface area contributed by atoms with Crippen LogP contribution in [-0.4, -0.2) is 17.9 Å². The van der Waals surface area contributed by atoms with Crippen molar-refractivity contribution < 1.29 is 9.66 Å². The number of nitrogens with zero attached hydrogens (tertiary/aromatic N) is 1. The van der Waals surface area contributed by atoms with Crippen LogP contribution in [-0.2, 0) is 0 Å². The van der Waals surface area contributed by atoms with E-state index in [1.807, 2.05) is 0 Å². The standard InChI is InChI=1S/C10H10ClNO3/c1-15-10-6-2-5-9(12(13)14)8(10)4-3-7-11/h2-6H,7H2,1H3. The van der Waals surface area contributed by atoms with Crippen LogP contribution in [0.15, 0.2) is 24.3 Å². The third-order valence-electron chi connectivity index (χ3n) is 1.83. The van der Waals surface area contributed by atoms with Gasteiger partial charge < -0.3 is 4.74 Å². The van der Waals surface area contributed by atoms with Gasteiger partial charge in [0.25, 0.3) is 5.69 Å². The molecule has 0 saturated heterocycles. The van der Waals surface area contributed by atoms with Gasteiger partial charge in [-0.25, -0.2) is 0 Å². The highest BCUT2D eigenvalue weighted by Gasteiger charge is 2.14. The molecule has 0 N–H and O–H groups in total. The number of benzene rings is 1. The molecule has 0 fully saturated rings. The first-order valence-electron chi connectivity index (χ1n) is 4.24. The number of nitro groups is 1. The molecule has 5 heteroatoms. The van der Waals surface area contributed by atoms with Crippen LogP contribution in [0, 0.1) is 10.1 Å². The molecule has 0 atom stereocenters. The molecule has 1 aromatic rings. The molecule has 0 spiro atoms. The van der Waals surface area contributed by atoms with Crippen LogP contribution in [0.25, 0.3) is 6.08 Å². The lowest BCUT2D eigenvalue weighted by Gasteiger charge is -2.04. The zero-order chi connectivity index (χ0) is 11.3. The number of methoxy groups -OCH3 is 1. The summed E-state index contributed by atoms with van der Waals surface area (Å²) < 4.78 is 5.03. The maximum absolute atomic E-state index is 10.7. The van der Waals surface area contributed by atoms with Crippen LogP contribution < -0.4 is 4.74 Å². The van der Waals surface area contributed by atoms with E-state index >= 15 is 0 Å². The molecule has 0 saturated carbocycles. The third kappa shape index (κ3) is 2.70. The monoisotopic (exact) mass is 227 g/mol. The molecule has 80 valence electrons. The van der Waals surface area contributed by atoms with Gasteiger partial charge in [0.1, 0.15) is 5.75 Å². The molecule has 0 amide bonds. The van der Waals surface area contributed by atoms with Crippen molar-refractivity contribution in [3.05, 3.63) is 40.0 Å². The molecule has 0 radical (unpaired) electrons. The van der Waals surface area contributed by atoms with Gasteiger partial charge in [-0.1, -0.05) is 12.1 Å². The fourth-order valence-electron chi connectivity index (χ4n) is 1.20. The molecule has 0 bridgehead atoms. The summed E-state index contributed by atoms with van der Waals surface area (Å²) in [5, 5.41) is 10.7. The van der Waals surface area contributed by atoms with E-state index in [0.717, 1.165) is 0 Å². The van der Waals surface area contributed by atoms with Crippen LogP contribution in [0.5, 0.6) is 5.75 Å². The van der Waals surface area contributed by atoms with Crippen molar-refractivity contribution in [2.75, 3.05) is 13.0 Å². The van der Waals surface area contributed by atoms with Gasteiger partial charge in [-0.2, -0.15) is 0 Å². The number of hydrogen-bond acceptors (Lipinski definition) is 3. The number of rotatable bonds is 4. The second-order valence-corrected chi connectivity index (χ2v) is 3.02. The Balaban J connectivity index is 3.26. The number of allylic oxidation sites excluding steroid dienone is 1. The Morgan fingerprint density at radius 3 is 2.87 bits per heavy atom. The summed E-state index contributed by atoms with van der Waals surface area (Å²) in [7, 11) is 1.47. The molecule has 1 aromatic carbocycles. The quantitative estimate of drug-likeness (QED) is 0.452. The van der Waals surface area contributed by atoms with E-state index in [9.17, 15) is 10.1 Å². The molecular formula is C10H10ClNO3. The smallest absolute Gasteiger partial charge is 0.280 e. The Labute approximate surface area is 92.3 Å². The molecule has 4 nitrogen and oxygen atoms in total. The topological polar surface area (TPSA) is 52.4 Å². The minimum atomic E-state index is -0.448. The van der Waals surface area contributed by atoms with Gasteiger partial charge in [0.2, 0.25) is 0 Å². The molecule has 0 aromatic heterocycles. The summed E-state index contributed by atoms with van der Waals surface area (Å²) in [6, 6.07) is 4.67. The summed E-state index contributed by atoms with van der Waals surface area (Å²) in [6.45, 7) is 0. The van der Waals surface area contributed by atoms with Crippen molar-refractivity contribution in [1.29, 1.82) is 0 Å². The van der Waals surface area contributed by atoms with E-state index in [1.165, 1.54) is 13.2 Å². The van der Waals surface area contributed by atoms with Crippen molar-refractivity contribution in [1.82, 2.24) is 0 Å². The molecule has 0 heterocycles. The second kappa shape index (κ2) is 5.36. The van der Waals surface area contributed by atoms with Gasteiger partial charge >= 0.3 is 0 Å². The maximum atomic E-state index is 10.7.